The topological polar surface area (TPSA) is 63.9 Å². The van der Waals surface area contributed by atoms with Crippen LogP contribution in [0, 0.1) is 18.7 Å². The minimum atomic E-state index is -0.420. The lowest BCUT2D eigenvalue weighted by Gasteiger charge is -2.40. The Hall–Kier alpha value is -2.31. The lowest BCUT2D eigenvalue weighted by atomic mass is 10.0. The molecule has 0 aliphatic carbocycles. The molecule has 1 fully saturated rings. The van der Waals surface area contributed by atoms with Crippen LogP contribution in [0.15, 0.2) is 29.5 Å². The van der Waals surface area contributed by atoms with Crippen molar-refractivity contribution in [2.45, 2.75) is 13.5 Å². The van der Waals surface area contributed by atoms with E-state index in [2.05, 4.69) is 15.1 Å². The number of anilines is 1. The molecule has 7 heteroatoms. The summed E-state index contributed by atoms with van der Waals surface area (Å²) in [6.07, 6.45) is 2.49. The number of hydrogen-bond acceptors (Lipinski definition) is 5. The van der Waals surface area contributed by atoms with Crippen LogP contribution >= 0.6 is 0 Å². The van der Waals surface area contributed by atoms with Gasteiger partial charge in [-0.05, 0) is 13.0 Å². The third-order valence-electron chi connectivity index (χ3n) is 3.34. The van der Waals surface area contributed by atoms with Crippen molar-refractivity contribution in [1.82, 2.24) is 19.7 Å². The van der Waals surface area contributed by atoms with E-state index in [0.717, 1.165) is 11.9 Å². The van der Waals surface area contributed by atoms with Crippen LogP contribution in [0.1, 0.15) is 5.69 Å². The summed E-state index contributed by atoms with van der Waals surface area (Å²) in [5.74, 6) is 0.175. The molecule has 3 heterocycles. The second-order valence-electron chi connectivity index (χ2n) is 4.96. The molecule has 0 unspecified atom stereocenters. The van der Waals surface area contributed by atoms with Crippen LogP contribution in [-0.2, 0) is 6.54 Å². The zero-order chi connectivity index (χ0) is 14.1. The number of nitrogens with zero attached hydrogens (tertiary/aromatic N) is 5. The molecular weight excluding hydrogens is 261 g/mol. The molecule has 2 aromatic rings. The normalized spacial score (nSPS) is 15.2. The smallest absolute Gasteiger partial charge is 0.266 e. The lowest BCUT2D eigenvalue weighted by molar-refractivity contribution is 0.328. The van der Waals surface area contributed by atoms with E-state index in [9.17, 15) is 9.18 Å². The van der Waals surface area contributed by atoms with E-state index in [0.29, 0.717) is 25.5 Å². The van der Waals surface area contributed by atoms with Crippen molar-refractivity contribution in [3.05, 3.63) is 46.5 Å². The maximum Gasteiger partial charge on any atom is 0.266 e. The molecule has 1 aliphatic rings. The van der Waals surface area contributed by atoms with Gasteiger partial charge < -0.3 is 4.90 Å². The van der Waals surface area contributed by atoms with Crippen molar-refractivity contribution in [3.63, 3.8) is 0 Å². The van der Waals surface area contributed by atoms with Gasteiger partial charge in [0.25, 0.3) is 5.56 Å². The minimum Gasteiger partial charge on any atom is -0.353 e. The van der Waals surface area contributed by atoms with Crippen LogP contribution in [0.25, 0.3) is 0 Å². The van der Waals surface area contributed by atoms with Gasteiger partial charge in [-0.3, -0.25) is 4.79 Å². The second kappa shape index (κ2) is 4.99. The molecule has 0 radical (unpaired) electrons. The number of rotatable bonds is 3. The summed E-state index contributed by atoms with van der Waals surface area (Å²) in [5.41, 5.74) is 0.699. The molecule has 2 aromatic heterocycles. The Morgan fingerprint density at radius 3 is 2.95 bits per heavy atom. The first-order valence-electron chi connectivity index (χ1n) is 6.38. The van der Waals surface area contributed by atoms with Crippen molar-refractivity contribution in [3.8, 4) is 0 Å². The van der Waals surface area contributed by atoms with Crippen LogP contribution in [0.2, 0.25) is 0 Å². The molecule has 0 atom stereocenters. The van der Waals surface area contributed by atoms with Crippen molar-refractivity contribution in [2.75, 3.05) is 18.0 Å². The largest absolute Gasteiger partial charge is 0.353 e. The highest BCUT2D eigenvalue weighted by atomic mass is 19.1. The lowest BCUT2D eigenvalue weighted by Crippen LogP contribution is -2.50. The van der Waals surface area contributed by atoms with Crippen LogP contribution in [0.5, 0.6) is 0 Å². The van der Waals surface area contributed by atoms with Gasteiger partial charge in [0.2, 0.25) is 0 Å². The van der Waals surface area contributed by atoms with E-state index in [1.165, 1.54) is 17.1 Å². The van der Waals surface area contributed by atoms with E-state index in [1.54, 1.807) is 6.07 Å². The zero-order valence-electron chi connectivity index (χ0n) is 11.0. The molecule has 0 amide bonds. The monoisotopic (exact) mass is 275 g/mol. The van der Waals surface area contributed by atoms with Crippen LogP contribution < -0.4 is 10.5 Å². The first-order valence-corrected chi connectivity index (χ1v) is 6.38. The van der Waals surface area contributed by atoms with Crippen LogP contribution in [0.3, 0.4) is 0 Å². The van der Waals surface area contributed by atoms with Gasteiger partial charge >= 0.3 is 0 Å². The Balaban J connectivity index is 1.65. The SMILES string of the molecule is Cc1ccc(=O)n(CC2CN(c3ncncc3F)C2)n1. The fourth-order valence-electron chi connectivity index (χ4n) is 2.32. The molecule has 0 N–H and O–H groups in total. The van der Waals surface area contributed by atoms with Crippen molar-refractivity contribution in [2.24, 2.45) is 5.92 Å². The molecule has 20 heavy (non-hydrogen) atoms. The highest BCUT2D eigenvalue weighted by Gasteiger charge is 2.30. The maximum atomic E-state index is 13.5. The molecule has 6 nitrogen and oxygen atoms in total. The summed E-state index contributed by atoms with van der Waals surface area (Å²) in [5, 5.41) is 4.20. The van der Waals surface area contributed by atoms with Crippen molar-refractivity contribution >= 4 is 5.82 Å². The quantitative estimate of drug-likeness (QED) is 0.821. The first-order chi connectivity index (χ1) is 9.63. The second-order valence-corrected chi connectivity index (χ2v) is 4.96. The molecular formula is C13H14FN5O. The van der Waals surface area contributed by atoms with E-state index < -0.39 is 5.82 Å². The summed E-state index contributed by atoms with van der Waals surface area (Å²) < 4.78 is 15.0. The number of aryl methyl sites for hydroxylation is 1. The Morgan fingerprint density at radius 2 is 2.20 bits per heavy atom. The number of hydrogen-bond donors (Lipinski definition) is 0. The van der Waals surface area contributed by atoms with Crippen LogP contribution in [0.4, 0.5) is 10.2 Å². The minimum absolute atomic E-state index is 0.109. The molecule has 0 bridgehead atoms. The summed E-state index contributed by atoms with van der Waals surface area (Å²) in [7, 11) is 0. The van der Waals surface area contributed by atoms with E-state index in [-0.39, 0.29) is 11.5 Å². The molecule has 0 saturated carbocycles. The fourth-order valence-corrected chi connectivity index (χ4v) is 2.32. The summed E-state index contributed by atoms with van der Waals surface area (Å²) in [6, 6.07) is 3.21. The fraction of sp³-hybridized carbons (Fsp3) is 0.385. The summed E-state index contributed by atoms with van der Waals surface area (Å²) in [6.45, 7) is 3.72. The predicted octanol–water partition coefficient (Wildman–Crippen LogP) is 0.617. The standard InChI is InChI=1S/C13H14FN5O/c1-9-2-3-12(20)19(17-9)7-10-5-18(6-10)13-11(14)4-15-8-16-13/h2-4,8,10H,5-7H2,1H3. The number of aromatic nitrogens is 4. The molecule has 0 spiro atoms. The average molecular weight is 275 g/mol. The molecule has 1 aliphatic heterocycles. The van der Waals surface area contributed by atoms with Gasteiger partial charge in [-0.1, -0.05) is 0 Å². The predicted molar refractivity (Wildman–Crippen MR) is 70.9 cm³/mol. The van der Waals surface area contributed by atoms with E-state index in [1.807, 2.05) is 11.8 Å². The third-order valence-corrected chi connectivity index (χ3v) is 3.34. The Kier molecular flexibility index (Phi) is 3.17. The summed E-state index contributed by atoms with van der Waals surface area (Å²) >= 11 is 0. The Morgan fingerprint density at radius 1 is 1.40 bits per heavy atom. The van der Waals surface area contributed by atoms with Crippen molar-refractivity contribution < 1.29 is 4.39 Å². The van der Waals surface area contributed by atoms with Gasteiger partial charge in [0.15, 0.2) is 11.6 Å². The summed E-state index contributed by atoms with van der Waals surface area (Å²) in [4.78, 5) is 21.0. The van der Waals surface area contributed by atoms with E-state index >= 15 is 0 Å². The van der Waals surface area contributed by atoms with E-state index in [4.69, 9.17) is 0 Å². The Bertz CT molecular complexity index is 680. The molecule has 104 valence electrons. The van der Waals surface area contributed by atoms with Gasteiger partial charge in [-0.2, -0.15) is 5.10 Å². The first kappa shape index (κ1) is 12.7. The van der Waals surface area contributed by atoms with Gasteiger partial charge in [0.05, 0.1) is 18.4 Å². The van der Waals surface area contributed by atoms with Gasteiger partial charge in [-0.25, -0.2) is 19.0 Å². The highest BCUT2D eigenvalue weighted by molar-refractivity contribution is 5.41. The van der Waals surface area contributed by atoms with Gasteiger partial charge in [-0.15, -0.1) is 0 Å². The highest BCUT2D eigenvalue weighted by Crippen LogP contribution is 2.24. The molecule has 3 rings (SSSR count). The third kappa shape index (κ3) is 2.38. The Labute approximate surface area is 114 Å². The average Bonchev–Trinajstić information content (AvgIpc) is 2.38. The number of halogens is 1. The zero-order valence-corrected chi connectivity index (χ0v) is 11.0. The van der Waals surface area contributed by atoms with Crippen molar-refractivity contribution in [1.29, 1.82) is 0 Å². The molecule has 1 saturated heterocycles. The maximum absolute atomic E-state index is 13.5. The van der Waals surface area contributed by atoms with Gasteiger partial charge in [0, 0.05) is 25.1 Å². The molecule has 0 aromatic carbocycles. The van der Waals surface area contributed by atoms with Gasteiger partial charge in [0.1, 0.15) is 6.33 Å². The van der Waals surface area contributed by atoms with Crippen LogP contribution in [-0.4, -0.2) is 32.8 Å².